The van der Waals surface area contributed by atoms with Gasteiger partial charge < -0.3 is 19.9 Å². The minimum atomic E-state index is -0.538. The first-order chi connectivity index (χ1) is 14.2. The van der Waals surface area contributed by atoms with Crippen molar-refractivity contribution in [3.05, 3.63) is 83.9 Å². The summed E-state index contributed by atoms with van der Waals surface area (Å²) < 4.78 is 10.9. The van der Waals surface area contributed by atoms with E-state index >= 15 is 0 Å². The molecule has 29 heavy (non-hydrogen) atoms. The molecule has 6 heteroatoms. The van der Waals surface area contributed by atoms with Crippen LogP contribution in [-0.4, -0.2) is 24.4 Å². The monoisotopic (exact) mass is 388 g/mol. The Morgan fingerprint density at radius 1 is 1.00 bits per heavy atom. The van der Waals surface area contributed by atoms with Crippen LogP contribution in [0.1, 0.15) is 11.1 Å². The fourth-order valence-corrected chi connectivity index (χ4v) is 2.72. The summed E-state index contributed by atoms with van der Waals surface area (Å²) in [4.78, 5) is 11.8. The number of para-hydroxylation sites is 1. The van der Waals surface area contributed by atoms with Crippen LogP contribution in [0.5, 0.6) is 11.5 Å². The van der Waals surface area contributed by atoms with Crippen LogP contribution >= 0.6 is 0 Å². The average molecular weight is 388 g/mol. The zero-order valence-corrected chi connectivity index (χ0v) is 15.7. The van der Waals surface area contributed by atoms with E-state index in [0.717, 1.165) is 5.56 Å². The summed E-state index contributed by atoms with van der Waals surface area (Å²) in [6.07, 6.45) is -0.538. The van der Waals surface area contributed by atoms with Crippen molar-refractivity contribution in [3.63, 3.8) is 0 Å². The van der Waals surface area contributed by atoms with Crippen molar-refractivity contribution < 1.29 is 19.4 Å². The summed E-state index contributed by atoms with van der Waals surface area (Å²) in [5.74, 6) is 0.565. The maximum Gasteiger partial charge on any atom is 0.407 e. The third kappa shape index (κ3) is 5.50. The molecular formula is C23H20N2O4. The zero-order chi connectivity index (χ0) is 20.5. The van der Waals surface area contributed by atoms with E-state index in [2.05, 4.69) is 11.4 Å². The SMILES string of the molecule is N#Cc1ccc(-c2ccccc2O)c(OCCNC(=O)OCc2ccccc2)c1. The van der Waals surface area contributed by atoms with Crippen LogP contribution in [0.3, 0.4) is 0 Å². The predicted octanol–water partition coefficient (Wildman–Crippen LogP) is 4.24. The highest BCUT2D eigenvalue weighted by molar-refractivity contribution is 5.76. The van der Waals surface area contributed by atoms with Gasteiger partial charge in [0.05, 0.1) is 18.2 Å². The lowest BCUT2D eigenvalue weighted by molar-refractivity contribution is 0.137. The van der Waals surface area contributed by atoms with Crippen molar-refractivity contribution in [3.8, 4) is 28.7 Å². The van der Waals surface area contributed by atoms with Gasteiger partial charge >= 0.3 is 6.09 Å². The van der Waals surface area contributed by atoms with Gasteiger partial charge in [-0.3, -0.25) is 0 Å². The number of nitriles is 1. The highest BCUT2D eigenvalue weighted by Gasteiger charge is 2.11. The fraction of sp³-hybridized carbons (Fsp3) is 0.130. The molecule has 3 aromatic carbocycles. The normalized spacial score (nSPS) is 10.0. The van der Waals surface area contributed by atoms with Crippen LogP contribution in [0.2, 0.25) is 0 Å². The molecule has 0 aliphatic heterocycles. The summed E-state index contributed by atoms with van der Waals surface area (Å²) in [5.41, 5.74) is 2.60. The highest BCUT2D eigenvalue weighted by atomic mass is 16.5. The van der Waals surface area contributed by atoms with Gasteiger partial charge in [0.25, 0.3) is 0 Å². The Balaban J connectivity index is 1.57. The van der Waals surface area contributed by atoms with Crippen molar-refractivity contribution in [1.82, 2.24) is 5.32 Å². The number of aromatic hydroxyl groups is 1. The maximum atomic E-state index is 11.8. The molecule has 2 N–H and O–H groups in total. The standard InChI is InChI=1S/C23H20N2O4/c24-15-18-10-11-20(19-8-4-5-9-21(19)26)22(14-18)28-13-12-25-23(27)29-16-17-6-2-1-3-7-17/h1-11,14,26H,12-13,16H2,(H,25,27). The van der Waals surface area contributed by atoms with Gasteiger partial charge in [-0.1, -0.05) is 48.5 Å². The number of rotatable bonds is 7. The molecule has 6 nitrogen and oxygen atoms in total. The number of carbonyl (C=O) groups excluding carboxylic acids is 1. The minimum Gasteiger partial charge on any atom is -0.507 e. The van der Waals surface area contributed by atoms with Crippen molar-refractivity contribution in [2.75, 3.05) is 13.2 Å². The van der Waals surface area contributed by atoms with Crippen molar-refractivity contribution in [1.29, 1.82) is 5.26 Å². The molecule has 0 saturated carbocycles. The molecule has 0 radical (unpaired) electrons. The molecule has 0 aromatic heterocycles. The quantitative estimate of drug-likeness (QED) is 0.591. The van der Waals surface area contributed by atoms with Gasteiger partial charge in [-0.05, 0) is 29.8 Å². The number of benzene rings is 3. The number of carbonyl (C=O) groups is 1. The van der Waals surface area contributed by atoms with E-state index in [9.17, 15) is 9.90 Å². The van der Waals surface area contributed by atoms with Gasteiger partial charge in [-0.25, -0.2) is 4.79 Å². The molecule has 3 aromatic rings. The molecule has 0 aliphatic carbocycles. The van der Waals surface area contributed by atoms with E-state index in [1.54, 1.807) is 42.5 Å². The predicted molar refractivity (Wildman–Crippen MR) is 108 cm³/mol. The number of phenolic OH excluding ortho intramolecular Hbond substituents is 1. The Bertz CT molecular complexity index is 1010. The van der Waals surface area contributed by atoms with Crippen molar-refractivity contribution in [2.45, 2.75) is 6.61 Å². The first kappa shape index (κ1) is 19.8. The van der Waals surface area contributed by atoms with E-state index in [-0.39, 0.29) is 25.5 Å². The second-order valence-electron chi connectivity index (χ2n) is 6.18. The largest absolute Gasteiger partial charge is 0.507 e. The van der Waals surface area contributed by atoms with E-state index in [1.165, 1.54) is 0 Å². The van der Waals surface area contributed by atoms with Crippen LogP contribution in [0.15, 0.2) is 72.8 Å². The molecule has 146 valence electrons. The van der Waals surface area contributed by atoms with Gasteiger partial charge in [0.2, 0.25) is 0 Å². The topological polar surface area (TPSA) is 91.6 Å². The van der Waals surface area contributed by atoms with Gasteiger partial charge in [0.1, 0.15) is 24.7 Å². The maximum absolute atomic E-state index is 11.8. The molecule has 0 aliphatic rings. The molecule has 0 spiro atoms. The number of nitrogens with one attached hydrogen (secondary N) is 1. The Labute approximate surface area is 168 Å². The van der Waals surface area contributed by atoms with E-state index in [4.69, 9.17) is 14.7 Å². The molecular weight excluding hydrogens is 368 g/mol. The van der Waals surface area contributed by atoms with Gasteiger partial charge in [0.15, 0.2) is 0 Å². The van der Waals surface area contributed by atoms with Crippen LogP contribution < -0.4 is 10.1 Å². The van der Waals surface area contributed by atoms with Gasteiger partial charge in [-0.15, -0.1) is 0 Å². The van der Waals surface area contributed by atoms with Crippen LogP contribution in [-0.2, 0) is 11.3 Å². The highest BCUT2D eigenvalue weighted by Crippen LogP contribution is 2.36. The molecule has 1 amide bonds. The first-order valence-corrected chi connectivity index (χ1v) is 9.07. The third-order valence-electron chi connectivity index (χ3n) is 4.15. The second kappa shape index (κ2) is 9.81. The lowest BCUT2D eigenvalue weighted by Gasteiger charge is -2.13. The number of amides is 1. The second-order valence-corrected chi connectivity index (χ2v) is 6.18. The van der Waals surface area contributed by atoms with E-state index in [1.807, 2.05) is 30.3 Å². The lowest BCUT2D eigenvalue weighted by atomic mass is 10.0. The third-order valence-corrected chi connectivity index (χ3v) is 4.15. The van der Waals surface area contributed by atoms with Crippen molar-refractivity contribution >= 4 is 6.09 Å². The van der Waals surface area contributed by atoms with E-state index in [0.29, 0.717) is 22.4 Å². The fourth-order valence-electron chi connectivity index (χ4n) is 2.72. The molecule has 0 bridgehead atoms. The number of nitrogens with zero attached hydrogens (tertiary/aromatic N) is 1. The summed E-state index contributed by atoms with van der Waals surface area (Å²) >= 11 is 0. The van der Waals surface area contributed by atoms with Gasteiger partial charge in [0, 0.05) is 11.1 Å². The molecule has 0 fully saturated rings. The van der Waals surface area contributed by atoms with E-state index < -0.39 is 6.09 Å². The Morgan fingerprint density at radius 2 is 1.76 bits per heavy atom. The van der Waals surface area contributed by atoms with Crippen LogP contribution in [0.25, 0.3) is 11.1 Å². The number of hydrogen-bond donors (Lipinski definition) is 2. The summed E-state index contributed by atoms with van der Waals surface area (Å²) in [6, 6.07) is 23.3. The number of alkyl carbamates (subject to hydrolysis) is 1. The number of hydrogen-bond acceptors (Lipinski definition) is 5. The summed E-state index contributed by atoms with van der Waals surface area (Å²) in [6.45, 7) is 0.593. The van der Waals surface area contributed by atoms with Crippen LogP contribution in [0, 0.1) is 11.3 Å². The lowest BCUT2D eigenvalue weighted by Crippen LogP contribution is -2.28. The minimum absolute atomic E-state index is 0.115. The smallest absolute Gasteiger partial charge is 0.407 e. The summed E-state index contributed by atoms with van der Waals surface area (Å²) in [5, 5.41) is 21.9. The first-order valence-electron chi connectivity index (χ1n) is 9.07. The van der Waals surface area contributed by atoms with Gasteiger partial charge in [-0.2, -0.15) is 5.26 Å². The zero-order valence-electron chi connectivity index (χ0n) is 15.7. The molecule has 3 rings (SSSR count). The number of phenols is 1. The number of ether oxygens (including phenoxy) is 2. The Morgan fingerprint density at radius 3 is 2.52 bits per heavy atom. The summed E-state index contributed by atoms with van der Waals surface area (Å²) in [7, 11) is 0. The van der Waals surface area contributed by atoms with Crippen LogP contribution in [0.4, 0.5) is 4.79 Å². The average Bonchev–Trinajstić information content (AvgIpc) is 2.76. The van der Waals surface area contributed by atoms with Crippen molar-refractivity contribution in [2.24, 2.45) is 0 Å². The molecule has 0 heterocycles. The Hall–Kier alpha value is -3.98. The Kier molecular flexibility index (Phi) is 6.69. The molecule has 0 atom stereocenters. The molecule has 0 unspecified atom stereocenters. The molecule has 0 saturated heterocycles.